The van der Waals surface area contributed by atoms with Crippen LogP contribution in [0.1, 0.15) is 50.5 Å². The molecule has 1 atom stereocenters. The molecular weight excluding hydrogens is 280 g/mol. The maximum Gasteiger partial charge on any atom is 0.284 e. The monoisotopic (exact) mass is 303 g/mol. The summed E-state index contributed by atoms with van der Waals surface area (Å²) in [6, 6.07) is 4.15. The van der Waals surface area contributed by atoms with Crippen LogP contribution < -0.4 is 5.32 Å². The molecule has 2 nitrogen and oxygen atoms in total. The topological polar surface area (TPSA) is 25.2 Å². The van der Waals surface area contributed by atoms with Crippen LogP contribution in [0.4, 0.5) is 8.78 Å². The number of furan rings is 1. The van der Waals surface area contributed by atoms with Crippen LogP contribution in [-0.2, 0) is 12.3 Å². The van der Waals surface area contributed by atoms with Gasteiger partial charge in [-0.1, -0.05) is 31.0 Å². The summed E-state index contributed by atoms with van der Waals surface area (Å²) in [4.78, 5) is 0. The van der Waals surface area contributed by atoms with Crippen LogP contribution in [0.5, 0.6) is 0 Å². The van der Waals surface area contributed by atoms with Crippen LogP contribution >= 0.6 is 11.8 Å². The maximum absolute atomic E-state index is 12.1. The van der Waals surface area contributed by atoms with E-state index in [-0.39, 0.29) is 5.75 Å². The Morgan fingerprint density at radius 3 is 2.65 bits per heavy atom. The van der Waals surface area contributed by atoms with E-state index < -0.39 is 5.76 Å². The third-order valence-electron chi connectivity index (χ3n) is 4.02. The van der Waals surface area contributed by atoms with E-state index in [0.717, 1.165) is 11.7 Å². The summed E-state index contributed by atoms with van der Waals surface area (Å²) >= 11 is 0.597. The fourth-order valence-electron chi connectivity index (χ4n) is 2.80. The predicted octanol–water partition coefficient (Wildman–Crippen LogP) is 4.79. The van der Waals surface area contributed by atoms with Crippen LogP contribution in [0.3, 0.4) is 0 Å². The first-order valence-corrected chi connectivity index (χ1v) is 8.41. The normalized spacial score (nSPS) is 18.6. The van der Waals surface area contributed by atoms with Crippen LogP contribution in [0, 0.1) is 5.92 Å². The molecule has 1 unspecified atom stereocenters. The van der Waals surface area contributed by atoms with Gasteiger partial charge in [-0.05, 0) is 37.8 Å². The summed E-state index contributed by atoms with van der Waals surface area (Å²) in [5, 5.41) is 3.50. The number of rotatable bonds is 7. The van der Waals surface area contributed by atoms with Gasteiger partial charge in [0, 0.05) is 6.04 Å². The first-order valence-electron chi connectivity index (χ1n) is 7.36. The molecule has 2 rings (SSSR count). The molecule has 0 amide bonds. The molecule has 1 aliphatic carbocycles. The highest BCUT2D eigenvalue weighted by atomic mass is 32.2. The van der Waals surface area contributed by atoms with Crippen molar-refractivity contribution in [1.29, 1.82) is 0 Å². The summed E-state index contributed by atoms with van der Waals surface area (Å²) in [6.45, 7) is 2.91. The molecule has 0 radical (unpaired) electrons. The molecule has 1 aliphatic rings. The van der Waals surface area contributed by atoms with Gasteiger partial charge in [0.2, 0.25) is 0 Å². The van der Waals surface area contributed by atoms with Gasteiger partial charge in [0.1, 0.15) is 11.5 Å². The second-order valence-electron chi connectivity index (χ2n) is 5.51. The van der Waals surface area contributed by atoms with Gasteiger partial charge in [-0.25, -0.2) is 0 Å². The fourth-order valence-corrected chi connectivity index (χ4v) is 3.25. The van der Waals surface area contributed by atoms with Crippen molar-refractivity contribution in [3.63, 3.8) is 0 Å². The maximum atomic E-state index is 12.1. The minimum absolute atomic E-state index is 0.232. The van der Waals surface area contributed by atoms with Gasteiger partial charge >= 0.3 is 0 Å². The van der Waals surface area contributed by atoms with Crippen LogP contribution in [0.2, 0.25) is 0 Å². The Bertz CT molecular complexity index is 391. The van der Waals surface area contributed by atoms with Crippen molar-refractivity contribution in [2.24, 2.45) is 5.92 Å². The van der Waals surface area contributed by atoms with E-state index in [1.807, 2.05) is 6.07 Å². The molecule has 1 heterocycles. The Labute approximate surface area is 123 Å². The third-order valence-corrected chi connectivity index (χ3v) is 4.73. The number of nitrogens with one attached hydrogen (secondary N) is 1. The smallest absolute Gasteiger partial charge is 0.284 e. The molecular formula is C15H23F2NOS. The second-order valence-corrected chi connectivity index (χ2v) is 6.49. The summed E-state index contributed by atoms with van der Waals surface area (Å²) in [7, 11) is 0. The molecule has 1 aromatic heterocycles. The van der Waals surface area contributed by atoms with Crippen LogP contribution in [0.15, 0.2) is 16.5 Å². The Hall–Kier alpha value is -0.550. The van der Waals surface area contributed by atoms with Gasteiger partial charge in [0.15, 0.2) is 0 Å². The predicted molar refractivity (Wildman–Crippen MR) is 78.9 cm³/mol. The highest BCUT2D eigenvalue weighted by Crippen LogP contribution is 2.26. The SMILES string of the molecule is CC(NCc1ccc(CSC(F)F)o1)C1CCCCC1. The minimum Gasteiger partial charge on any atom is -0.464 e. The van der Waals surface area contributed by atoms with Crippen molar-refractivity contribution in [3.8, 4) is 0 Å². The summed E-state index contributed by atoms with van der Waals surface area (Å²) in [5.74, 6) is 0.103. The Morgan fingerprint density at radius 1 is 1.25 bits per heavy atom. The molecule has 0 aliphatic heterocycles. The van der Waals surface area contributed by atoms with Crippen LogP contribution in [0.25, 0.3) is 0 Å². The lowest BCUT2D eigenvalue weighted by molar-refractivity contribution is 0.251. The number of alkyl halides is 2. The van der Waals surface area contributed by atoms with E-state index in [1.54, 1.807) is 6.07 Å². The first kappa shape index (κ1) is 15.8. The first-order chi connectivity index (χ1) is 9.65. The third kappa shape index (κ3) is 5.09. The Balaban J connectivity index is 1.73. The summed E-state index contributed by atoms with van der Waals surface area (Å²) in [6.07, 6.45) is 6.66. The summed E-state index contributed by atoms with van der Waals surface area (Å²) < 4.78 is 29.7. The van der Waals surface area contributed by atoms with E-state index in [1.165, 1.54) is 32.1 Å². The molecule has 1 fully saturated rings. The van der Waals surface area contributed by atoms with Gasteiger partial charge < -0.3 is 9.73 Å². The Morgan fingerprint density at radius 2 is 1.95 bits per heavy atom. The zero-order valence-corrected chi connectivity index (χ0v) is 12.7. The molecule has 0 bridgehead atoms. The van der Waals surface area contributed by atoms with Gasteiger partial charge in [-0.3, -0.25) is 0 Å². The van der Waals surface area contributed by atoms with Crippen molar-refractivity contribution in [2.45, 2.75) is 63.1 Å². The molecule has 114 valence electrons. The number of thioether (sulfide) groups is 1. The van der Waals surface area contributed by atoms with Gasteiger partial charge in [-0.2, -0.15) is 8.78 Å². The van der Waals surface area contributed by atoms with Gasteiger partial charge in [0.05, 0.1) is 12.3 Å². The quantitative estimate of drug-likeness (QED) is 0.783. The molecule has 0 aromatic carbocycles. The molecule has 1 saturated carbocycles. The van der Waals surface area contributed by atoms with Crippen molar-refractivity contribution in [3.05, 3.63) is 23.7 Å². The highest BCUT2D eigenvalue weighted by molar-refractivity contribution is 7.98. The lowest BCUT2D eigenvalue weighted by Gasteiger charge is -2.28. The number of hydrogen-bond donors (Lipinski definition) is 1. The van der Waals surface area contributed by atoms with Crippen molar-refractivity contribution in [1.82, 2.24) is 5.32 Å². The second kappa shape index (κ2) is 8.03. The zero-order valence-electron chi connectivity index (χ0n) is 11.9. The molecule has 5 heteroatoms. The number of halogens is 2. The molecule has 0 saturated heterocycles. The number of hydrogen-bond acceptors (Lipinski definition) is 3. The molecule has 0 spiro atoms. The largest absolute Gasteiger partial charge is 0.464 e. The van der Waals surface area contributed by atoms with E-state index in [4.69, 9.17) is 4.42 Å². The average molecular weight is 303 g/mol. The van der Waals surface area contributed by atoms with Crippen molar-refractivity contribution in [2.75, 3.05) is 0 Å². The van der Waals surface area contributed by atoms with E-state index >= 15 is 0 Å². The zero-order chi connectivity index (χ0) is 14.4. The lowest BCUT2D eigenvalue weighted by Crippen LogP contribution is -2.34. The molecule has 1 aromatic rings. The van der Waals surface area contributed by atoms with E-state index in [0.29, 0.717) is 30.1 Å². The highest BCUT2D eigenvalue weighted by Gasteiger charge is 2.19. The Kier molecular flexibility index (Phi) is 6.36. The summed E-state index contributed by atoms with van der Waals surface area (Å²) in [5.41, 5.74) is 0. The van der Waals surface area contributed by atoms with Crippen molar-refractivity contribution < 1.29 is 13.2 Å². The molecule has 1 N–H and O–H groups in total. The van der Waals surface area contributed by atoms with Crippen molar-refractivity contribution >= 4 is 11.8 Å². The van der Waals surface area contributed by atoms with E-state index in [9.17, 15) is 8.78 Å². The van der Waals surface area contributed by atoms with E-state index in [2.05, 4.69) is 12.2 Å². The minimum atomic E-state index is -2.34. The average Bonchev–Trinajstić information content (AvgIpc) is 2.91. The fraction of sp³-hybridized carbons (Fsp3) is 0.733. The molecule has 20 heavy (non-hydrogen) atoms. The van der Waals surface area contributed by atoms with Gasteiger partial charge in [0.25, 0.3) is 5.76 Å². The standard InChI is InChI=1S/C15H23F2NOS/c1-11(12-5-3-2-4-6-12)18-9-13-7-8-14(19-13)10-20-15(16)17/h7-8,11-12,15,18H,2-6,9-10H2,1H3. The van der Waals surface area contributed by atoms with Crippen LogP contribution in [-0.4, -0.2) is 11.8 Å². The lowest BCUT2D eigenvalue weighted by atomic mass is 9.84. The van der Waals surface area contributed by atoms with Gasteiger partial charge in [-0.15, -0.1) is 0 Å².